The van der Waals surface area contributed by atoms with E-state index in [0.29, 0.717) is 36.1 Å². The van der Waals surface area contributed by atoms with E-state index < -0.39 is 5.82 Å². The summed E-state index contributed by atoms with van der Waals surface area (Å²) in [5.41, 5.74) is 1.95. The molecule has 4 aromatic rings. The molecule has 1 aliphatic heterocycles. The summed E-state index contributed by atoms with van der Waals surface area (Å²) in [4.78, 5) is 30.6. The number of amides is 1. The summed E-state index contributed by atoms with van der Waals surface area (Å²) in [5.74, 6) is -0.656. The van der Waals surface area contributed by atoms with Crippen molar-refractivity contribution in [1.29, 1.82) is 0 Å². The van der Waals surface area contributed by atoms with Crippen molar-refractivity contribution in [2.45, 2.75) is 32.0 Å². The second-order valence-electron chi connectivity index (χ2n) is 8.05. The lowest BCUT2D eigenvalue weighted by molar-refractivity contribution is -0.122. The van der Waals surface area contributed by atoms with Gasteiger partial charge in [0.25, 0.3) is 5.56 Å². The molecular formula is C24H23FN4O3. The number of rotatable bonds is 6. The van der Waals surface area contributed by atoms with Crippen LogP contribution in [0.3, 0.4) is 0 Å². The SMILES string of the molecule is O=C(Cn1c2ccc(F)cc2c2ncn(Cc3ccccc3)c(=O)c21)NC[C@@H]1CCCO1. The molecule has 1 aliphatic rings. The normalized spacial score (nSPS) is 16.1. The summed E-state index contributed by atoms with van der Waals surface area (Å²) in [6.07, 6.45) is 3.41. The Morgan fingerprint density at radius 3 is 2.84 bits per heavy atom. The van der Waals surface area contributed by atoms with Crippen molar-refractivity contribution in [2.75, 3.05) is 13.2 Å². The third kappa shape index (κ3) is 3.89. The molecule has 2 aromatic heterocycles. The fourth-order valence-electron chi connectivity index (χ4n) is 4.26. The van der Waals surface area contributed by atoms with Gasteiger partial charge in [0.15, 0.2) is 0 Å². The highest BCUT2D eigenvalue weighted by Gasteiger charge is 2.20. The summed E-state index contributed by atoms with van der Waals surface area (Å²) in [6, 6.07) is 13.8. The average Bonchev–Trinajstić information content (AvgIpc) is 3.42. The quantitative estimate of drug-likeness (QED) is 0.506. The van der Waals surface area contributed by atoms with E-state index in [1.165, 1.54) is 23.0 Å². The number of halogens is 1. The van der Waals surface area contributed by atoms with Crippen molar-refractivity contribution in [3.8, 4) is 0 Å². The monoisotopic (exact) mass is 434 g/mol. The van der Waals surface area contributed by atoms with Crippen LogP contribution >= 0.6 is 0 Å². The Hall–Kier alpha value is -3.52. The lowest BCUT2D eigenvalue weighted by atomic mass is 10.2. The molecule has 1 amide bonds. The first-order chi connectivity index (χ1) is 15.6. The summed E-state index contributed by atoms with van der Waals surface area (Å²) in [7, 11) is 0. The number of hydrogen-bond donors (Lipinski definition) is 1. The Kier molecular flexibility index (Phi) is 5.45. The molecule has 1 saturated heterocycles. The second kappa shape index (κ2) is 8.55. The first-order valence-electron chi connectivity index (χ1n) is 10.7. The van der Waals surface area contributed by atoms with Crippen molar-refractivity contribution >= 4 is 27.8 Å². The maximum absolute atomic E-state index is 14.0. The Morgan fingerprint density at radius 1 is 1.22 bits per heavy atom. The van der Waals surface area contributed by atoms with Gasteiger partial charge in [0.1, 0.15) is 23.4 Å². The third-order valence-corrected chi connectivity index (χ3v) is 5.84. The van der Waals surface area contributed by atoms with Gasteiger partial charge in [-0.1, -0.05) is 30.3 Å². The zero-order valence-corrected chi connectivity index (χ0v) is 17.5. The zero-order chi connectivity index (χ0) is 22.1. The smallest absolute Gasteiger partial charge is 0.278 e. The molecule has 1 fully saturated rings. The number of ether oxygens (including phenoxy) is 1. The van der Waals surface area contributed by atoms with E-state index in [1.54, 1.807) is 10.6 Å². The van der Waals surface area contributed by atoms with Crippen LogP contribution in [0.4, 0.5) is 4.39 Å². The van der Waals surface area contributed by atoms with E-state index in [9.17, 15) is 14.0 Å². The number of carbonyl (C=O) groups excluding carboxylic acids is 1. The van der Waals surface area contributed by atoms with Gasteiger partial charge in [-0.2, -0.15) is 0 Å². The molecule has 7 nitrogen and oxygen atoms in total. The van der Waals surface area contributed by atoms with Crippen molar-refractivity contribution in [1.82, 2.24) is 19.4 Å². The number of nitrogens with zero attached hydrogens (tertiary/aromatic N) is 3. The number of fused-ring (bicyclic) bond motifs is 3. The first kappa shape index (κ1) is 20.4. The summed E-state index contributed by atoms with van der Waals surface area (Å²) in [5, 5.41) is 3.40. The van der Waals surface area contributed by atoms with Gasteiger partial charge in [-0.05, 0) is 36.6 Å². The molecule has 32 heavy (non-hydrogen) atoms. The Balaban J connectivity index is 1.54. The zero-order valence-electron chi connectivity index (χ0n) is 17.5. The van der Waals surface area contributed by atoms with Crippen LogP contribution in [0.2, 0.25) is 0 Å². The molecule has 0 radical (unpaired) electrons. The average molecular weight is 434 g/mol. The number of hydrogen-bond acceptors (Lipinski definition) is 4. The summed E-state index contributed by atoms with van der Waals surface area (Å²) < 4.78 is 22.7. The Labute approximate surface area is 183 Å². The van der Waals surface area contributed by atoms with E-state index in [4.69, 9.17) is 4.74 Å². The van der Waals surface area contributed by atoms with Crippen LogP contribution in [-0.2, 0) is 22.6 Å². The Morgan fingerprint density at radius 2 is 2.06 bits per heavy atom. The van der Waals surface area contributed by atoms with Crippen molar-refractivity contribution in [2.24, 2.45) is 0 Å². The van der Waals surface area contributed by atoms with Crippen LogP contribution in [0.25, 0.3) is 21.9 Å². The number of nitrogens with one attached hydrogen (secondary N) is 1. The van der Waals surface area contributed by atoms with Crippen molar-refractivity contribution in [3.63, 3.8) is 0 Å². The first-order valence-corrected chi connectivity index (χ1v) is 10.7. The molecule has 8 heteroatoms. The third-order valence-electron chi connectivity index (χ3n) is 5.84. The molecule has 0 aliphatic carbocycles. The highest BCUT2D eigenvalue weighted by molar-refractivity contribution is 6.06. The summed E-state index contributed by atoms with van der Waals surface area (Å²) in [6.45, 7) is 1.43. The molecular weight excluding hydrogens is 411 g/mol. The maximum atomic E-state index is 14.0. The predicted octanol–water partition coefficient (Wildman–Crippen LogP) is 2.83. The predicted molar refractivity (Wildman–Crippen MR) is 119 cm³/mol. The van der Waals surface area contributed by atoms with Gasteiger partial charge in [-0.25, -0.2) is 9.37 Å². The minimum absolute atomic E-state index is 0.0240. The molecule has 0 saturated carbocycles. The van der Waals surface area contributed by atoms with Crippen LogP contribution in [0.15, 0.2) is 59.7 Å². The minimum Gasteiger partial charge on any atom is -0.376 e. The highest BCUT2D eigenvalue weighted by atomic mass is 19.1. The van der Waals surface area contributed by atoms with Gasteiger partial charge in [0.2, 0.25) is 5.91 Å². The van der Waals surface area contributed by atoms with E-state index in [0.717, 1.165) is 18.4 Å². The molecule has 164 valence electrons. The van der Waals surface area contributed by atoms with Gasteiger partial charge in [-0.3, -0.25) is 14.2 Å². The van der Waals surface area contributed by atoms with Gasteiger partial charge in [0.05, 0.1) is 24.5 Å². The number of carbonyl (C=O) groups is 1. The van der Waals surface area contributed by atoms with Crippen LogP contribution in [0, 0.1) is 5.82 Å². The fourth-order valence-corrected chi connectivity index (χ4v) is 4.26. The van der Waals surface area contributed by atoms with E-state index in [2.05, 4.69) is 10.3 Å². The fraction of sp³-hybridized carbons (Fsp3) is 0.292. The Bertz CT molecular complexity index is 1340. The molecule has 5 rings (SSSR count). The van der Waals surface area contributed by atoms with Crippen molar-refractivity contribution in [3.05, 3.63) is 76.6 Å². The van der Waals surface area contributed by atoms with Gasteiger partial charge in [-0.15, -0.1) is 0 Å². The minimum atomic E-state index is -0.422. The molecule has 2 aromatic carbocycles. The standard InChI is InChI=1S/C24H23FN4O3/c25-17-8-9-20-19(11-17)22-23(29(20)14-21(30)26-12-18-7-4-10-32-18)24(31)28(15-27-22)13-16-5-2-1-3-6-16/h1-3,5-6,8-9,11,15,18H,4,7,10,12-14H2,(H,26,30)/t18-/m0/s1. The van der Waals surface area contributed by atoms with Gasteiger partial charge in [0, 0.05) is 18.5 Å². The summed E-state index contributed by atoms with van der Waals surface area (Å²) >= 11 is 0. The van der Waals surface area contributed by atoms with Crippen LogP contribution in [-0.4, -0.2) is 39.3 Å². The van der Waals surface area contributed by atoms with E-state index >= 15 is 0 Å². The molecule has 0 bridgehead atoms. The van der Waals surface area contributed by atoms with Crippen molar-refractivity contribution < 1.29 is 13.9 Å². The van der Waals surface area contributed by atoms with Gasteiger partial charge >= 0.3 is 0 Å². The van der Waals surface area contributed by atoms with Crippen LogP contribution in [0.1, 0.15) is 18.4 Å². The topological polar surface area (TPSA) is 78.2 Å². The lowest BCUT2D eigenvalue weighted by Crippen LogP contribution is -2.34. The molecule has 3 heterocycles. The highest BCUT2D eigenvalue weighted by Crippen LogP contribution is 2.26. The van der Waals surface area contributed by atoms with E-state index in [1.807, 2.05) is 30.3 Å². The molecule has 1 atom stereocenters. The maximum Gasteiger partial charge on any atom is 0.278 e. The molecule has 1 N–H and O–H groups in total. The van der Waals surface area contributed by atoms with E-state index in [-0.39, 0.29) is 29.6 Å². The van der Waals surface area contributed by atoms with Crippen LogP contribution in [0.5, 0.6) is 0 Å². The molecule has 0 unspecified atom stereocenters. The largest absolute Gasteiger partial charge is 0.376 e. The molecule has 0 spiro atoms. The van der Waals surface area contributed by atoms with Gasteiger partial charge < -0.3 is 14.6 Å². The number of benzene rings is 2. The number of aromatic nitrogens is 3. The van der Waals surface area contributed by atoms with Crippen LogP contribution < -0.4 is 10.9 Å². The lowest BCUT2D eigenvalue weighted by Gasteiger charge is -2.12. The second-order valence-corrected chi connectivity index (χ2v) is 8.05.